The van der Waals surface area contributed by atoms with Gasteiger partial charge in [0.15, 0.2) is 11.5 Å². The summed E-state index contributed by atoms with van der Waals surface area (Å²) < 4.78 is 11.3. The summed E-state index contributed by atoms with van der Waals surface area (Å²) in [7, 11) is 2.96. The number of ether oxygens (including phenoxy) is 2. The molecule has 0 aliphatic rings. The molecule has 0 bridgehead atoms. The summed E-state index contributed by atoms with van der Waals surface area (Å²) in [5, 5.41) is 14.8. The van der Waals surface area contributed by atoms with E-state index >= 15 is 0 Å². The number of thiazole rings is 1. The molecule has 0 amide bonds. The van der Waals surface area contributed by atoms with Crippen molar-refractivity contribution in [2.24, 2.45) is 5.10 Å². The second kappa shape index (κ2) is 6.53. The number of aromatic hydroxyl groups is 1. The van der Waals surface area contributed by atoms with E-state index < -0.39 is 0 Å². The molecule has 2 aromatic carbocycles. The number of aromatic nitrogens is 1. The SMILES string of the molecule is COc1cc(/C=N\Nc2nc3ccccc3s2)cc(OC)c1O. The molecule has 0 saturated heterocycles. The van der Waals surface area contributed by atoms with Crippen molar-refractivity contribution in [2.45, 2.75) is 0 Å². The number of phenols is 1. The van der Waals surface area contributed by atoms with Crippen LogP contribution in [0.2, 0.25) is 0 Å². The monoisotopic (exact) mass is 329 g/mol. The van der Waals surface area contributed by atoms with Crippen molar-refractivity contribution in [1.29, 1.82) is 0 Å². The lowest BCUT2D eigenvalue weighted by Crippen LogP contribution is -1.94. The van der Waals surface area contributed by atoms with Gasteiger partial charge < -0.3 is 14.6 Å². The fourth-order valence-corrected chi connectivity index (χ4v) is 2.89. The first kappa shape index (κ1) is 15.1. The van der Waals surface area contributed by atoms with Gasteiger partial charge >= 0.3 is 0 Å². The molecule has 0 spiro atoms. The lowest BCUT2D eigenvalue weighted by molar-refractivity contribution is 0.340. The van der Waals surface area contributed by atoms with E-state index in [1.54, 1.807) is 18.3 Å². The van der Waals surface area contributed by atoms with Crippen LogP contribution in [0, 0.1) is 0 Å². The van der Waals surface area contributed by atoms with Crippen molar-refractivity contribution in [3.05, 3.63) is 42.0 Å². The number of benzene rings is 2. The van der Waals surface area contributed by atoms with Gasteiger partial charge in [-0.1, -0.05) is 23.5 Å². The Hall–Kier alpha value is -2.80. The van der Waals surface area contributed by atoms with Crippen LogP contribution in [-0.2, 0) is 0 Å². The first-order valence-corrected chi connectivity index (χ1v) is 7.62. The molecule has 6 nitrogen and oxygen atoms in total. The highest BCUT2D eigenvalue weighted by atomic mass is 32.1. The number of rotatable bonds is 5. The summed E-state index contributed by atoms with van der Waals surface area (Å²) in [4.78, 5) is 4.43. The van der Waals surface area contributed by atoms with Gasteiger partial charge in [0.1, 0.15) is 0 Å². The van der Waals surface area contributed by atoms with Crippen LogP contribution in [0.25, 0.3) is 10.2 Å². The molecule has 3 rings (SSSR count). The Labute approximate surface area is 137 Å². The number of fused-ring (bicyclic) bond motifs is 1. The molecule has 0 saturated carbocycles. The minimum Gasteiger partial charge on any atom is -0.502 e. The number of phenolic OH excluding ortho intramolecular Hbond substituents is 1. The highest BCUT2D eigenvalue weighted by molar-refractivity contribution is 7.22. The summed E-state index contributed by atoms with van der Waals surface area (Å²) >= 11 is 1.52. The van der Waals surface area contributed by atoms with Crippen LogP contribution in [0.4, 0.5) is 5.13 Å². The number of methoxy groups -OCH3 is 2. The van der Waals surface area contributed by atoms with Gasteiger partial charge in [0.25, 0.3) is 0 Å². The maximum atomic E-state index is 9.88. The quantitative estimate of drug-likeness (QED) is 0.554. The van der Waals surface area contributed by atoms with Crippen LogP contribution in [0.1, 0.15) is 5.56 Å². The molecule has 0 atom stereocenters. The smallest absolute Gasteiger partial charge is 0.204 e. The minimum atomic E-state index is -0.0358. The molecule has 0 unspecified atom stereocenters. The normalized spacial score (nSPS) is 11.0. The number of hydrazone groups is 1. The number of para-hydroxylation sites is 1. The van der Waals surface area contributed by atoms with Gasteiger partial charge in [-0.2, -0.15) is 5.10 Å². The summed E-state index contributed by atoms with van der Waals surface area (Å²) in [5.74, 6) is 0.614. The highest BCUT2D eigenvalue weighted by Gasteiger charge is 2.10. The van der Waals surface area contributed by atoms with E-state index in [1.165, 1.54) is 25.6 Å². The Balaban J connectivity index is 1.79. The van der Waals surface area contributed by atoms with Crippen LogP contribution in [0.15, 0.2) is 41.5 Å². The zero-order chi connectivity index (χ0) is 16.2. The highest BCUT2D eigenvalue weighted by Crippen LogP contribution is 2.36. The van der Waals surface area contributed by atoms with Gasteiger partial charge in [0.05, 0.1) is 30.7 Å². The Morgan fingerprint density at radius 3 is 2.52 bits per heavy atom. The Bertz CT molecular complexity index is 803. The summed E-state index contributed by atoms with van der Waals surface area (Å²) in [6.45, 7) is 0. The minimum absolute atomic E-state index is 0.0358. The maximum Gasteiger partial charge on any atom is 0.204 e. The van der Waals surface area contributed by atoms with Crippen LogP contribution in [0.3, 0.4) is 0 Å². The molecule has 7 heteroatoms. The van der Waals surface area contributed by atoms with Crippen LogP contribution in [0.5, 0.6) is 17.2 Å². The fourth-order valence-electron chi connectivity index (χ4n) is 2.07. The number of hydrogen-bond donors (Lipinski definition) is 2. The van der Waals surface area contributed by atoms with Crippen molar-refractivity contribution in [3.8, 4) is 17.2 Å². The van der Waals surface area contributed by atoms with Crippen molar-refractivity contribution >= 4 is 32.9 Å². The van der Waals surface area contributed by atoms with E-state index in [0.29, 0.717) is 16.6 Å². The van der Waals surface area contributed by atoms with Crippen molar-refractivity contribution in [1.82, 2.24) is 4.98 Å². The third-order valence-electron chi connectivity index (χ3n) is 3.17. The van der Waals surface area contributed by atoms with Gasteiger partial charge in [-0.25, -0.2) is 4.98 Å². The number of hydrogen-bond acceptors (Lipinski definition) is 7. The van der Waals surface area contributed by atoms with Crippen LogP contribution < -0.4 is 14.9 Å². The Morgan fingerprint density at radius 2 is 1.87 bits per heavy atom. The molecule has 3 aromatic rings. The van der Waals surface area contributed by atoms with E-state index in [4.69, 9.17) is 9.47 Å². The van der Waals surface area contributed by atoms with E-state index in [9.17, 15) is 5.11 Å². The molecule has 1 heterocycles. The van der Waals surface area contributed by atoms with E-state index in [2.05, 4.69) is 15.5 Å². The first-order valence-electron chi connectivity index (χ1n) is 6.81. The van der Waals surface area contributed by atoms with E-state index in [1.807, 2.05) is 24.3 Å². The average Bonchev–Trinajstić information content (AvgIpc) is 2.98. The van der Waals surface area contributed by atoms with Gasteiger partial charge in [-0.05, 0) is 24.3 Å². The third kappa shape index (κ3) is 3.19. The predicted molar refractivity (Wildman–Crippen MR) is 92.0 cm³/mol. The predicted octanol–water partition coefficient (Wildman–Crippen LogP) is 3.47. The Kier molecular flexibility index (Phi) is 4.29. The first-order chi connectivity index (χ1) is 11.2. The maximum absolute atomic E-state index is 9.88. The van der Waals surface area contributed by atoms with Gasteiger partial charge in [0.2, 0.25) is 10.9 Å². The van der Waals surface area contributed by atoms with Crippen molar-refractivity contribution in [3.63, 3.8) is 0 Å². The van der Waals surface area contributed by atoms with Crippen molar-refractivity contribution in [2.75, 3.05) is 19.6 Å². The van der Waals surface area contributed by atoms with Crippen LogP contribution in [-0.4, -0.2) is 30.5 Å². The van der Waals surface area contributed by atoms with E-state index in [0.717, 1.165) is 15.8 Å². The summed E-state index contributed by atoms with van der Waals surface area (Å²) in [6, 6.07) is 11.2. The lowest BCUT2D eigenvalue weighted by Gasteiger charge is -2.09. The summed E-state index contributed by atoms with van der Waals surface area (Å²) in [6.07, 6.45) is 1.61. The van der Waals surface area contributed by atoms with Gasteiger partial charge in [0, 0.05) is 5.56 Å². The van der Waals surface area contributed by atoms with Gasteiger partial charge in [-0.3, -0.25) is 5.43 Å². The zero-order valence-corrected chi connectivity index (χ0v) is 13.4. The van der Waals surface area contributed by atoms with E-state index in [-0.39, 0.29) is 5.75 Å². The molecular formula is C16H15N3O3S. The molecule has 0 radical (unpaired) electrons. The largest absolute Gasteiger partial charge is 0.502 e. The van der Waals surface area contributed by atoms with Crippen LogP contribution >= 0.6 is 11.3 Å². The Morgan fingerprint density at radius 1 is 1.17 bits per heavy atom. The lowest BCUT2D eigenvalue weighted by atomic mass is 10.2. The molecule has 23 heavy (non-hydrogen) atoms. The fraction of sp³-hybridized carbons (Fsp3) is 0.125. The van der Waals surface area contributed by atoms with Gasteiger partial charge in [-0.15, -0.1) is 0 Å². The molecular weight excluding hydrogens is 314 g/mol. The molecule has 2 N–H and O–H groups in total. The number of anilines is 1. The zero-order valence-electron chi connectivity index (χ0n) is 12.6. The summed E-state index contributed by atoms with van der Waals surface area (Å²) in [5.41, 5.74) is 4.57. The molecule has 118 valence electrons. The van der Waals surface area contributed by atoms with Crippen molar-refractivity contribution < 1.29 is 14.6 Å². The molecule has 0 fully saturated rings. The third-order valence-corrected chi connectivity index (χ3v) is 4.11. The second-order valence-corrected chi connectivity index (χ2v) is 5.66. The topological polar surface area (TPSA) is 76.0 Å². The number of nitrogens with one attached hydrogen (secondary N) is 1. The number of nitrogens with zero attached hydrogens (tertiary/aromatic N) is 2. The average molecular weight is 329 g/mol. The molecule has 1 aromatic heterocycles. The second-order valence-electron chi connectivity index (χ2n) is 4.63. The molecule has 0 aliphatic carbocycles. The molecule has 0 aliphatic heterocycles. The standard InChI is InChI=1S/C16H15N3O3S/c1-21-12-7-10(8-13(22-2)15(12)20)9-17-19-16-18-11-5-3-4-6-14(11)23-16/h3-9,20H,1-2H3,(H,18,19)/b17-9-.